The van der Waals surface area contributed by atoms with Crippen molar-refractivity contribution in [3.63, 3.8) is 0 Å². The molecular formula is C17H27NO2. The van der Waals surface area contributed by atoms with Gasteiger partial charge in [-0.25, -0.2) is 0 Å². The maximum absolute atomic E-state index is 11.6. The van der Waals surface area contributed by atoms with Crippen LogP contribution in [0.25, 0.3) is 0 Å². The summed E-state index contributed by atoms with van der Waals surface area (Å²) in [6, 6.07) is 6.15. The predicted molar refractivity (Wildman–Crippen MR) is 82.8 cm³/mol. The van der Waals surface area contributed by atoms with E-state index < -0.39 is 0 Å². The molecule has 0 aliphatic heterocycles. The number of hydrogen-bond acceptors (Lipinski definition) is 3. The summed E-state index contributed by atoms with van der Waals surface area (Å²) < 4.78 is 4.97. The average Bonchev–Trinajstić information content (AvgIpc) is 2.38. The molecule has 1 aromatic rings. The second-order valence-electron chi connectivity index (χ2n) is 5.86. The van der Waals surface area contributed by atoms with Gasteiger partial charge in [-0.15, -0.1) is 0 Å². The number of rotatable bonds is 6. The van der Waals surface area contributed by atoms with Crippen molar-refractivity contribution in [2.75, 3.05) is 6.61 Å². The highest BCUT2D eigenvalue weighted by molar-refractivity contribution is 5.70. The standard InChI is InChI=1S/C17H27NO2/c1-6-20-17(19)10-16(18)15-8-13(11(2)3)7-14(9-15)12(4)5/h7-9,11-12,16H,6,10,18H2,1-5H3. The highest BCUT2D eigenvalue weighted by Gasteiger charge is 2.15. The highest BCUT2D eigenvalue weighted by atomic mass is 16.5. The number of carbonyl (C=O) groups is 1. The van der Waals surface area contributed by atoms with Crippen LogP contribution in [0.3, 0.4) is 0 Å². The summed E-state index contributed by atoms with van der Waals surface area (Å²) in [6.07, 6.45) is 0.229. The molecule has 112 valence electrons. The van der Waals surface area contributed by atoms with E-state index in [0.717, 1.165) is 5.56 Å². The first-order chi connectivity index (χ1) is 9.35. The molecule has 0 saturated heterocycles. The number of ether oxygens (including phenoxy) is 1. The minimum absolute atomic E-state index is 0.229. The van der Waals surface area contributed by atoms with Crippen LogP contribution in [0.1, 0.15) is 75.6 Å². The lowest BCUT2D eigenvalue weighted by Crippen LogP contribution is -2.18. The zero-order valence-corrected chi connectivity index (χ0v) is 13.3. The Labute approximate surface area is 122 Å². The maximum Gasteiger partial charge on any atom is 0.307 e. The zero-order chi connectivity index (χ0) is 15.3. The average molecular weight is 277 g/mol. The molecule has 1 aromatic carbocycles. The highest BCUT2D eigenvalue weighted by Crippen LogP contribution is 2.26. The summed E-state index contributed by atoms with van der Waals surface area (Å²) in [4.78, 5) is 11.6. The van der Waals surface area contributed by atoms with Gasteiger partial charge in [0.25, 0.3) is 0 Å². The molecule has 20 heavy (non-hydrogen) atoms. The van der Waals surface area contributed by atoms with E-state index in [-0.39, 0.29) is 18.4 Å². The summed E-state index contributed by atoms with van der Waals surface area (Å²) in [5.41, 5.74) is 9.72. The summed E-state index contributed by atoms with van der Waals surface area (Å²) in [5, 5.41) is 0. The van der Waals surface area contributed by atoms with E-state index in [1.54, 1.807) is 6.92 Å². The van der Waals surface area contributed by atoms with Crippen molar-refractivity contribution < 1.29 is 9.53 Å². The molecule has 1 unspecified atom stereocenters. The van der Waals surface area contributed by atoms with Crippen LogP contribution in [0, 0.1) is 0 Å². The fourth-order valence-electron chi connectivity index (χ4n) is 2.10. The van der Waals surface area contributed by atoms with E-state index in [2.05, 4.69) is 45.9 Å². The molecule has 0 bridgehead atoms. The van der Waals surface area contributed by atoms with Gasteiger partial charge in [0.15, 0.2) is 0 Å². The third kappa shape index (κ3) is 4.64. The molecule has 0 amide bonds. The van der Waals surface area contributed by atoms with Crippen molar-refractivity contribution in [2.24, 2.45) is 5.73 Å². The lowest BCUT2D eigenvalue weighted by molar-refractivity contribution is -0.143. The molecule has 1 atom stereocenters. The van der Waals surface area contributed by atoms with Gasteiger partial charge in [0.1, 0.15) is 0 Å². The SMILES string of the molecule is CCOC(=O)CC(N)c1cc(C(C)C)cc(C(C)C)c1. The van der Waals surface area contributed by atoms with Crippen molar-refractivity contribution in [1.82, 2.24) is 0 Å². The Balaban J connectivity index is 3.00. The molecule has 1 rings (SSSR count). The molecule has 0 aromatic heterocycles. The molecule has 0 heterocycles. The first-order valence-corrected chi connectivity index (χ1v) is 7.41. The molecular weight excluding hydrogens is 250 g/mol. The molecule has 0 saturated carbocycles. The van der Waals surface area contributed by atoms with Gasteiger partial charge in [-0.2, -0.15) is 0 Å². The monoisotopic (exact) mass is 277 g/mol. The van der Waals surface area contributed by atoms with Crippen LogP contribution in [0.2, 0.25) is 0 Å². The summed E-state index contributed by atoms with van der Waals surface area (Å²) >= 11 is 0. The van der Waals surface area contributed by atoms with Crippen molar-refractivity contribution in [3.05, 3.63) is 34.9 Å². The second-order valence-corrected chi connectivity index (χ2v) is 5.86. The van der Waals surface area contributed by atoms with Gasteiger partial charge in [-0.3, -0.25) is 4.79 Å². The Morgan fingerprint density at radius 3 is 1.90 bits per heavy atom. The molecule has 2 N–H and O–H groups in total. The van der Waals surface area contributed by atoms with Crippen molar-refractivity contribution in [3.8, 4) is 0 Å². The Morgan fingerprint density at radius 1 is 1.05 bits per heavy atom. The van der Waals surface area contributed by atoms with E-state index in [0.29, 0.717) is 18.4 Å². The van der Waals surface area contributed by atoms with Crippen LogP contribution in [-0.2, 0) is 9.53 Å². The molecule has 0 aliphatic rings. The summed E-state index contributed by atoms with van der Waals surface area (Å²) in [7, 11) is 0. The van der Waals surface area contributed by atoms with E-state index in [1.807, 2.05) is 0 Å². The van der Waals surface area contributed by atoms with Gasteiger partial charge in [0.05, 0.1) is 13.0 Å². The molecule has 0 fully saturated rings. The van der Waals surface area contributed by atoms with Gasteiger partial charge < -0.3 is 10.5 Å². The number of nitrogens with two attached hydrogens (primary N) is 1. The Bertz CT molecular complexity index is 426. The first kappa shape index (κ1) is 16.7. The maximum atomic E-state index is 11.6. The van der Waals surface area contributed by atoms with Gasteiger partial charge >= 0.3 is 5.97 Å². The van der Waals surface area contributed by atoms with Crippen molar-refractivity contribution >= 4 is 5.97 Å². The zero-order valence-electron chi connectivity index (χ0n) is 13.3. The number of hydrogen-bond donors (Lipinski definition) is 1. The quantitative estimate of drug-likeness (QED) is 0.803. The van der Waals surface area contributed by atoms with Crippen LogP contribution in [0.15, 0.2) is 18.2 Å². The predicted octanol–water partition coefficient (Wildman–Crippen LogP) is 3.89. The molecule has 0 spiro atoms. The van der Waals surface area contributed by atoms with E-state index in [1.165, 1.54) is 11.1 Å². The normalized spacial score (nSPS) is 12.8. The smallest absolute Gasteiger partial charge is 0.307 e. The first-order valence-electron chi connectivity index (χ1n) is 7.41. The number of carbonyl (C=O) groups excluding carboxylic acids is 1. The van der Waals surface area contributed by atoms with Gasteiger partial charge in [0, 0.05) is 6.04 Å². The van der Waals surface area contributed by atoms with Crippen LogP contribution in [0.5, 0.6) is 0 Å². The Morgan fingerprint density at radius 2 is 1.50 bits per heavy atom. The summed E-state index contributed by atoms with van der Waals surface area (Å²) in [5.74, 6) is 0.658. The third-order valence-corrected chi connectivity index (χ3v) is 3.45. The lowest BCUT2D eigenvalue weighted by Gasteiger charge is -2.18. The van der Waals surface area contributed by atoms with Crippen molar-refractivity contribution in [1.29, 1.82) is 0 Å². The van der Waals surface area contributed by atoms with Crippen LogP contribution in [-0.4, -0.2) is 12.6 Å². The van der Waals surface area contributed by atoms with Gasteiger partial charge in [0.2, 0.25) is 0 Å². The van der Waals surface area contributed by atoms with E-state index in [4.69, 9.17) is 10.5 Å². The minimum Gasteiger partial charge on any atom is -0.466 e. The van der Waals surface area contributed by atoms with Gasteiger partial charge in [-0.1, -0.05) is 45.9 Å². The van der Waals surface area contributed by atoms with Crippen LogP contribution in [0.4, 0.5) is 0 Å². The fraction of sp³-hybridized carbons (Fsp3) is 0.588. The lowest BCUT2D eigenvalue weighted by atomic mass is 9.90. The molecule has 0 radical (unpaired) electrons. The van der Waals surface area contributed by atoms with Crippen LogP contribution >= 0.6 is 0 Å². The second kappa shape index (κ2) is 7.44. The minimum atomic E-state index is -0.301. The van der Waals surface area contributed by atoms with Crippen LogP contribution < -0.4 is 5.73 Å². The number of benzene rings is 1. The largest absolute Gasteiger partial charge is 0.466 e. The Hall–Kier alpha value is -1.35. The number of esters is 1. The van der Waals surface area contributed by atoms with Crippen molar-refractivity contribution in [2.45, 2.75) is 58.9 Å². The fourth-order valence-corrected chi connectivity index (χ4v) is 2.10. The summed E-state index contributed by atoms with van der Waals surface area (Å²) in [6.45, 7) is 10.9. The topological polar surface area (TPSA) is 52.3 Å². The molecule has 3 heteroatoms. The third-order valence-electron chi connectivity index (χ3n) is 3.45. The molecule has 0 aliphatic carbocycles. The van der Waals surface area contributed by atoms with E-state index in [9.17, 15) is 4.79 Å². The van der Waals surface area contributed by atoms with Gasteiger partial charge in [-0.05, 0) is 35.4 Å². The Kier molecular flexibility index (Phi) is 6.21. The molecule has 3 nitrogen and oxygen atoms in total. The van der Waals surface area contributed by atoms with E-state index >= 15 is 0 Å².